The van der Waals surface area contributed by atoms with Crippen molar-refractivity contribution < 1.29 is 9.47 Å². The number of aromatic nitrogens is 4. The number of ether oxygens (including phenoxy) is 2. The molecule has 0 unspecified atom stereocenters. The van der Waals surface area contributed by atoms with Crippen LogP contribution in [0.1, 0.15) is 30.9 Å². The summed E-state index contributed by atoms with van der Waals surface area (Å²) in [7, 11) is 4.13. The highest BCUT2D eigenvalue weighted by atomic mass is 16.5. The molecule has 7 nitrogen and oxygen atoms in total. The molecule has 1 aromatic carbocycles. The zero-order valence-electron chi connectivity index (χ0n) is 18.7. The van der Waals surface area contributed by atoms with Crippen LogP contribution >= 0.6 is 0 Å². The van der Waals surface area contributed by atoms with Gasteiger partial charge in [-0.2, -0.15) is 0 Å². The lowest BCUT2D eigenvalue weighted by Crippen LogP contribution is -2.15. The van der Waals surface area contributed by atoms with Crippen molar-refractivity contribution in [2.75, 3.05) is 40.5 Å². The Bertz CT molecular complexity index is 1200. The Morgan fingerprint density at radius 1 is 1.03 bits per heavy atom. The lowest BCUT2D eigenvalue weighted by Gasteiger charge is -2.21. The minimum atomic E-state index is 0.425. The Kier molecular flexibility index (Phi) is 6.01. The summed E-state index contributed by atoms with van der Waals surface area (Å²) in [6.45, 7) is 3.27. The number of pyridine rings is 1. The van der Waals surface area contributed by atoms with E-state index in [4.69, 9.17) is 14.5 Å². The fourth-order valence-corrected chi connectivity index (χ4v) is 4.35. The lowest BCUT2D eigenvalue weighted by molar-refractivity contribution is 0.0849. The zero-order chi connectivity index (χ0) is 21.9. The predicted octanol–water partition coefficient (Wildman–Crippen LogP) is 4.17. The number of benzene rings is 1. The minimum absolute atomic E-state index is 0.425. The Hall–Kier alpha value is -3.03. The Balaban J connectivity index is 1.43. The molecule has 0 amide bonds. The van der Waals surface area contributed by atoms with Crippen molar-refractivity contribution in [2.24, 2.45) is 0 Å². The molecule has 32 heavy (non-hydrogen) atoms. The van der Waals surface area contributed by atoms with Gasteiger partial charge in [0.05, 0.1) is 23.3 Å². The monoisotopic (exact) mass is 431 g/mol. The molecule has 3 aromatic heterocycles. The predicted molar refractivity (Wildman–Crippen MR) is 125 cm³/mol. The van der Waals surface area contributed by atoms with E-state index in [2.05, 4.69) is 53.2 Å². The second kappa shape index (κ2) is 9.22. The number of imidazole rings is 1. The molecule has 0 atom stereocenters. The van der Waals surface area contributed by atoms with Crippen LogP contribution in [0.15, 0.2) is 49.2 Å². The minimum Gasteiger partial charge on any atom is -0.478 e. The first-order valence-electron chi connectivity index (χ1n) is 11.3. The molecule has 0 N–H and O–H groups in total. The average Bonchev–Trinajstić information content (AvgIpc) is 3.27. The number of hydrogen-bond donors (Lipinski definition) is 0. The van der Waals surface area contributed by atoms with Gasteiger partial charge in [0.2, 0.25) is 5.88 Å². The maximum Gasteiger partial charge on any atom is 0.213 e. The van der Waals surface area contributed by atoms with Crippen LogP contribution in [0.5, 0.6) is 5.88 Å². The molecule has 4 heterocycles. The van der Waals surface area contributed by atoms with Crippen LogP contribution in [0.3, 0.4) is 0 Å². The Labute approximate surface area is 188 Å². The smallest absolute Gasteiger partial charge is 0.213 e. The summed E-state index contributed by atoms with van der Waals surface area (Å²) >= 11 is 0. The molecule has 5 rings (SSSR count). The van der Waals surface area contributed by atoms with Gasteiger partial charge in [-0.1, -0.05) is 6.07 Å². The molecule has 1 aliphatic heterocycles. The van der Waals surface area contributed by atoms with Gasteiger partial charge in [-0.3, -0.25) is 4.40 Å². The fraction of sp³-hybridized carbons (Fsp3) is 0.400. The molecule has 1 fully saturated rings. The summed E-state index contributed by atoms with van der Waals surface area (Å²) in [4.78, 5) is 16.1. The van der Waals surface area contributed by atoms with Crippen molar-refractivity contribution in [2.45, 2.75) is 25.2 Å². The van der Waals surface area contributed by atoms with Crippen molar-refractivity contribution in [3.63, 3.8) is 0 Å². The van der Waals surface area contributed by atoms with Crippen LogP contribution in [0.25, 0.3) is 27.5 Å². The third-order valence-corrected chi connectivity index (χ3v) is 6.07. The van der Waals surface area contributed by atoms with Crippen LogP contribution in [-0.4, -0.2) is 64.7 Å². The summed E-state index contributed by atoms with van der Waals surface area (Å²) in [6.07, 6.45) is 8.61. The highest BCUT2D eigenvalue weighted by Crippen LogP contribution is 2.33. The number of fused-ring (bicyclic) bond motifs is 3. The van der Waals surface area contributed by atoms with Crippen molar-refractivity contribution >= 4 is 16.4 Å². The first-order chi connectivity index (χ1) is 15.7. The quantitative estimate of drug-likeness (QED) is 0.409. The van der Waals surface area contributed by atoms with Crippen LogP contribution in [0.4, 0.5) is 0 Å². The molecule has 166 valence electrons. The van der Waals surface area contributed by atoms with Gasteiger partial charge in [0.1, 0.15) is 12.7 Å². The van der Waals surface area contributed by atoms with Crippen molar-refractivity contribution in [3.8, 4) is 17.0 Å². The lowest BCUT2D eigenvalue weighted by atomic mass is 9.94. The van der Waals surface area contributed by atoms with Gasteiger partial charge in [0.25, 0.3) is 0 Å². The molecule has 1 saturated heterocycles. The molecule has 0 saturated carbocycles. The normalized spacial score (nSPS) is 15.1. The number of rotatable bonds is 7. The third-order valence-electron chi connectivity index (χ3n) is 6.07. The number of nitrogens with zero attached hydrogens (tertiary/aromatic N) is 5. The molecule has 4 aromatic rings. The van der Waals surface area contributed by atoms with Crippen LogP contribution < -0.4 is 4.74 Å². The number of hydrogen-bond acceptors (Lipinski definition) is 6. The highest BCUT2D eigenvalue weighted by molar-refractivity contribution is 5.97. The van der Waals surface area contributed by atoms with E-state index in [0.717, 1.165) is 72.3 Å². The van der Waals surface area contributed by atoms with E-state index < -0.39 is 0 Å². The first-order valence-corrected chi connectivity index (χ1v) is 11.3. The van der Waals surface area contributed by atoms with E-state index >= 15 is 0 Å². The molecule has 0 bridgehead atoms. The average molecular weight is 432 g/mol. The standard InChI is InChI=1S/C25H29N5O2/c1-29(2)10-3-11-32-23-7-5-20(15-26-23)19-4-6-22-21(14-19)25-24(18-8-12-31-13-9-18)28-17-30(25)16-27-22/h4-7,14-18H,3,8-13H2,1-2H3. The Morgan fingerprint density at radius 3 is 2.62 bits per heavy atom. The fourth-order valence-electron chi connectivity index (χ4n) is 4.35. The van der Waals surface area contributed by atoms with Crippen molar-refractivity contribution in [3.05, 3.63) is 54.9 Å². The molecular formula is C25H29N5O2. The zero-order valence-corrected chi connectivity index (χ0v) is 18.7. The first kappa shape index (κ1) is 20.8. The maximum atomic E-state index is 5.78. The molecular weight excluding hydrogens is 402 g/mol. The van der Waals surface area contributed by atoms with Gasteiger partial charge < -0.3 is 14.4 Å². The molecule has 0 radical (unpaired) electrons. The van der Waals surface area contributed by atoms with Gasteiger partial charge in [-0.15, -0.1) is 0 Å². The topological polar surface area (TPSA) is 64.8 Å². The largest absolute Gasteiger partial charge is 0.478 e. The van der Waals surface area contributed by atoms with E-state index in [1.165, 1.54) is 0 Å². The summed E-state index contributed by atoms with van der Waals surface area (Å²) in [5, 5.41) is 1.12. The summed E-state index contributed by atoms with van der Waals surface area (Å²) < 4.78 is 13.4. The summed E-state index contributed by atoms with van der Waals surface area (Å²) in [6, 6.07) is 10.4. The molecule has 7 heteroatoms. The van der Waals surface area contributed by atoms with Gasteiger partial charge in [-0.25, -0.2) is 15.0 Å². The summed E-state index contributed by atoms with van der Waals surface area (Å²) in [5.74, 6) is 1.09. The highest BCUT2D eigenvalue weighted by Gasteiger charge is 2.22. The van der Waals surface area contributed by atoms with Crippen LogP contribution in [0.2, 0.25) is 0 Å². The van der Waals surface area contributed by atoms with E-state index in [9.17, 15) is 0 Å². The molecule has 0 spiro atoms. The van der Waals surface area contributed by atoms with Gasteiger partial charge in [-0.05, 0) is 57.1 Å². The van der Waals surface area contributed by atoms with Crippen LogP contribution in [-0.2, 0) is 4.74 Å². The Morgan fingerprint density at radius 2 is 1.84 bits per heavy atom. The van der Waals surface area contributed by atoms with E-state index in [-0.39, 0.29) is 0 Å². The third kappa shape index (κ3) is 4.31. The van der Waals surface area contributed by atoms with E-state index in [1.54, 1.807) is 0 Å². The van der Waals surface area contributed by atoms with Gasteiger partial charge in [0, 0.05) is 48.9 Å². The maximum absolute atomic E-state index is 5.78. The van der Waals surface area contributed by atoms with Crippen molar-refractivity contribution in [1.29, 1.82) is 0 Å². The van der Waals surface area contributed by atoms with Gasteiger partial charge in [0.15, 0.2) is 0 Å². The summed E-state index contributed by atoms with van der Waals surface area (Å²) in [5.41, 5.74) is 5.44. The molecule has 0 aliphatic carbocycles. The van der Waals surface area contributed by atoms with Crippen molar-refractivity contribution in [1.82, 2.24) is 24.3 Å². The van der Waals surface area contributed by atoms with Crippen LogP contribution in [0, 0.1) is 0 Å². The van der Waals surface area contributed by atoms with Gasteiger partial charge >= 0.3 is 0 Å². The SMILES string of the molecule is CN(C)CCCOc1ccc(-c2ccc3ncn4cnc(C5CCOCC5)c4c3c2)cn1. The van der Waals surface area contributed by atoms with E-state index in [0.29, 0.717) is 18.4 Å². The molecule has 1 aliphatic rings. The second-order valence-corrected chi connectivity index (χ2v) is 8.64. The second-order valence-electron chi connectivity index (χ2n) is 8.64. The van der Waals surface area contributed by atoms with E-state index in [1.807, 2.05) is 29.3 Å².